The number of hydrogen-bond donors (Lipinski definition) is 3. The standard InChI is InChI=1S/C11H11N3O4S/c1-2-5-12-19(17,18)7-3-4-8-9(6-7)14-11(16)10(15)13-8/h2-4,6,12H,1,5H2,(H,13,15)(H,14,16). The normalized spacial score (nSPS) is 11.6. The largest absolute Gasteiger partial charge is 0.316 e. The van der Waals surface area contributed by atoms with Gasteiger partial charge in [-0.05, 0) is 18.2 Å². The minimum Gasteiger partial charge on any atom is -0.316 e. The van der Waals surface area contributed by atoms with Crippen LogP contribution in [0.2, 0.25) is 0 Å². The van der Waals surface area contributed by atoms with Crippen LogP contribution in [0.15, 0.2) is 45.3 Å². The Hall–Kier alpha value is -2.19. The van der Waals surface area contributed by atoms with E-state index < -0.39 is 21.1 Å². The Morgan fingerprint density at radius 2 is 1.79 bits per heavy atom. The summed E-state index contributed by atoms with van der Waals surface area (Å²) in [6, 6.07) is 4.02. The van der Waals surface area contributed by atoms with Gasteiger partial charge in [-0.3, -0.25) is 9.59 Å². The molecule has 0 saturated heterocycles. The summed E-state index contributed by atoms with van der Waals surface area (Å²) in [4.78, 5) is 27.0. The van der Waals surface area contributed by atoms with Gasteiger partial charge in [0.2, 0.25) is 10.0 Å². The van der Waals surface area contributed by atoms with Crippen molar-refractivity contribution in [1.82, 2.24) is 14.7 Å². The third-order valence-electron chi connectivity index (χ3n) is 2.42. The fourth-order valence-corrected chi connectivity index (χ4v) is 2.54. The first kappa shape index (κ1) is 13.2. The summed E-state index contributed by atoms with van der Waals surface area (Å²) in [7, 11) is -3.67. The highest BCUT2D eigenvalue weighted by molar-refractivity contribution is 7.89. The Morgan fingerprint density at radius 3 is 2.42 bits per heavy atom. The molecule has 7 nitrogen and oxygen atoms in total. The molecule has 0 bridgehead atoms. The van der Waals surface area contributed by atoms with Gasteiger partial charge in [0.05, 0.1) is 15.9 Å². The molecule has 0 radical (unpaired) electrons. The van der Waals surface area contributed by atoms with E-state index in [4.69, 9.17) is 0 Å². The van der Waals surface area contributed by atoms with E-state index in [-0.39, 0.29) is 17.0 Å². The molecule has 0 amide bonds. The van der Waals surface area contributed by atoms with Gasteiger partial charge in [-0.15, -0.1) is 6.58 Å². The number of benzene rings is 1. The van der Waals surface area contributed by atoms with Gasteiger partial charge >= 0.3 is 11.1 Å². The summed E-state index contributed by atoms with van der Waals surface area (Å²) in [6.45, 7) is 3.51. The predicted octanol–water partition coefficient (Wildman–Crippen LogP) is -0.319. The molecule has 2 aromatic rings. The van der Waals surface area contributed by atoms with Crippen LogP contribution in [0.4, 0.5) is 0 Å². The highest BCUT2D eigenvalue weighted by atomic mass is 32.2. The summed E-state index contributed by atoms with van der Waals surface area (Å²) in [5.41, 5.74) is -1.02. The van der Waals surface area contributed by atoms with Crippen molar-refractivity contribution in [3.05, 3.63) is 51.6 Å². The van der Waals surface area contributed by atoms with Crippen LogP contribution in [0, 0.1) is 0 Å². The van der Waals surface area contributed by atoms with E-state index in [0.29, 0.717) is 5.52 Å². The zero-order valence-electron chi connectivity index (χ0n) is 9.76. The molecule has 0 unspecified atom stereocenters. The maximum Gasteiger partial charge on any atom is 0.314 e. The zero-order valence-corrected chi connectivity index (χ0v) is 10.6. The van der Waals surface area contributed by atoms with Crippen molar-refractivity contribution in [1.29, 1.82) is 0 Å². The quantitative estimate of drug-likeness (QED) is 0.526. The summed E-state index contributed by atoms with van der Waals surface area (Å²) >= 11 is 0. The number of aromatic nitrogens is 2. The van der Waals surface area contributed by atoms with E-state index in [9.17, 15) is 18.0 Å². The second-order valence-electron chi connectivity index (χ2n) is 3.76. The minimum absolute atomic E-state index is 0.00968. The van der Waals surface area contributed by atoms with Gasteiger partial charge in [0.1, 0.15) is 0 Å². The summed E-state index contributed by atoms with van der Waals surface area (Å²) in [5, 5.41) is 0. The van der Waals surface area contributed by atoms with Crippen LogP contribution in [0.3, 0.4) is 0 Å². The van der Waals surface area contributed by atoms with Gasteiger partial charge in [0.25, 0.3) is 0 Å². The lowest BCUT2D eigenvalue weighted by atomic mass is 10.3. The van der Waals surface area contributed by atoms with Crippen molar-refractivity contribution in [3.8, 4) is 0 Å². The minimum atomic E-state index is -3.67. The Balaban J connectivity index is 2.59. The molecular weight excluding hydrogens is 270 g/mol. The van der Waals surface area contributed by atoms with E-state index in [2.05, 4.69) is 21.3 Å². The molecule has 0 spiro atoms. The van der Waals surface area contributed by atoms with Crippen molar-refractivity contribution < 1.29 is 8.42 Å². The SMILES string of the molecule is C=CCNS(=O)(=O)c1ccc2[nH]c(=O)c(=O)[nH]c2c1. The third-order valence-corrected chi connectivity index (χ3v) is 3.84. The molecule has 0 aliphatic carbocycles. The fourth-order valence-electron chi connectivity index (χ4n) is 1.51. The monoisotopic (exact) mass is 281 g/mol. The van der Waals surface area contributed by atoms with E-state index in [1.54, 1.807) is 0 Å². The summed E-state index contributed by atoms with van der Waals surface area (Å²) in [5.74, 6) is 0. The molecule has 19 heavy (non-hydrogen) atoms. The van der Waals surface area contributed by atoms with Gasteiger partial charge in [-0.1, -0.05) is 6.08 Å². The van der Waals surface area contributed by atoms with Crippen LogP contribution >= 0.6 is 0 Å². The van der Waals surface area contributed by atoms with Crippen molar-refractivity contribution in [3.63, 3.8) is 0 Å². The highest BCUT2D eigenvalue weighted by Crippen LogP contribution is 2.13. The van der Waals surface area contributed by atoms with Gasteiger partial charge in [-0.25, -0.2) is 13.1 Å². The highest BCUT2D eigenvalue weighted by Gasteiger charge is 2.13. The maximum atomic E-state index is 11.9. The number of rotatable bonds is 4. The maximum absolute atomic E-state index is 11.9. The molecule has 2 rings (SSSR count). The van der Waals surface area contributed by atoms with Crippen LogP contribution < -0.4 is 15.8 Å². The molecule has 8 heteroatoms. The Labute approximate surface area is 108 Å². The number of hydrogen-bond acceptors (Lipinski definition) is 4. The zero-order chi connectivity index (χ0) is 14.0. The van der Waals surface area contributed by atoms with Crippen LogP contribution in [0.25, 0.3) is 11.0 Å². The molecule has 0 aliphatic heterocycles. The second kappa shape index (κ2) is 4.82. The van der Waals surface area contributed by atoms with E-state index in [1.165, 1.54) is 24.3 Å². The average molecular weight is 281 g/mol. The molecular formula is C11H11N3O4S. The lowest BCUT2D eigenvalue weighted by molar-refractivity contribution is 0.585. The van der Waals surface area contributed by atoms with Crippen LogP contribution in [0.1, 0.15) is 0 Å². The van der Waals surface area contributed by atoms with Crippen LogP contribution in [-0.2, 0) is 10.0 Å². The number of sulfonamides is 1. The molecule has 0 saturated carbocycles. The average Bonchev–Trinajstić information content (AvgIpc) is 2.37. The molecule has 100 valence electrons. The Morgan fingerprint density at radius 1 is 1.16 bits per heavy atom. The predicted molar refractivity (Wildman–Crippen MR) is 70.6 cm³/mol. The summed E-state index contributed by atoms with van der Waals surface area (Å²) in [6.07, 6.45) is 1.41. The van der Waals surface area contributed by atoms with Crippen molar-refractivity contribution in [2.24, 2.45) is 0 Å². The molecule has 0 aliphatic rings. The van der Waals surface area contributed by atoms with E-state index in [0.717, 1.165) is 0 Å². The van der Waals surface area contributed by atoms with E-state index >= 15 is 0 Å². The summed E-state index contributed by atoms with van der Waals surface area (Å²) < 4.78 is 26.0. The van der Waals surface area contributed by atoms with Crippen molar-refractivity contribution >= 4 is 21.1 Å². The first-order valence-electron chi connectivity index (χ1n) is 5.31. The molecule has 1 aromatic heterocycles. The second-order valence-corrected chi connectivity index (χ2v) is 5.52. The van der Waals surface area contributed by atoms with E-state index in [1.807, 2.05) is 0 Å². The van der Waals surface area contributed by atoms with Crippen LogP contribution in [-0.4, -0.2) is 24.9 Å². The van der Waals surface area contributed by atoms with Gasteiger partial charge in [0, 0.05) is 6.54 Å². The Bertz CT molecular complexity index is 848. The first-order valence-corrected chi connectivity index (χ1v) is 6.79. The number of aromatic amines is 2. The lowest BCUT2D eigenvalue weighted by Gasteiger charge is -2.05. The fraction of sp³-hybridized carbons (Fsp3) is 0.0909. The van der Waals surface area contributed by atoms with Crippen LogP contribution in [0.5, 0.6) is 0 Å². The number of fused-ring (bicyclic) bond motifs is 1. The first-order chi connectivity index (χ1) is 8.94. The number of nitrogens with one attached hydrogen (secondary N) is 3. The third kappa shape index (κ3) is 2.64. The molecule has 0 atom stereocenters. The van der Waals surface area contributed by atoms with Crippen molar-refractivity contribution in [2.45, 2.75) is 4.90 Å². The smallest absolute Gasteiger partial charge is 0.314 e. The lowest BCUT2D eigenvalue weighted by Crippen LogP contribution is -2.29. The molecule has 0 fully saturated rings. The topological polar surface area (TPSA) is 112 Å². The van der Waals surface area contributed by atoms with Crippen molar-refractivity contribution in [2.75, 3.05) is 6.54 Å². The molecule has 1 aromatic carbocycles. The molecule has 3 N–H and O–H groups in total. The number of H-pyrrole nitrogens is 2. The van der Waals surface area contributed by atoms with Gasteiger partial charge < -0.3 is 9.97 Å². The van der Waals surface area contributed by atoms with Gasteiger partial charge in [0.15, 0.2) is 0 Å². The van der Waals surface area contributed by atoms with Gasteiger partial charge in [-0.2, -0.15) is 0 Å². The molecule has 1 heterocycles. The Kier molecular flexibility index (Phi) is 3.36.